The number of pyridine rings is 1. The third kappa shape index (κ3) is 4.58. The van der Waals surface area contributed by atoms with E-state index in [4.69, 9.17) is 0 Å². The molecule has 3 aromatic rings. The minimum absolute atomic E-state index is 0.0222. The maximum absolute atomic E-state index is 15.0. The Morgan fingerprint density at radius 2 is 1.89 bits per heavy atom. The number of halogens is 1. The quantitative estimate of drug-likeness (QED) is 0.592. The fourth-order valence-electron chi connectivity index (χ4n) is 5.21. The lowest BCUT2D eigenvalue weighted by Crippen LogP contribution is -2.49. The standard InChI is InChI=1S/C26H30FN7O/c1-17(2)32-9-11-33(12-10-32)23-8-7-20(14-22(23)27)30-26-29-16-19-13-18(15-28)25(35)34(24(19)31-26)21-5-3-4-6-21/h7-8,13-14,16-17,21H,3-6,9-12H2,1-2H3,(H,29,30,31). The maximum Gasteiger partial charge on any atom is 0.270 e. The molecule has 2 aromatic heterocycles. The first-order valence-electron chi connectivity index (χ1n) is 12.3. The summed E-state index contributed by atoms with van der Waals surface area (Å²) in [6.45, 7) is 7.77. The van der Waals surface area contributed by atoms with Gasteiger partial charge in [-0.25, -0.2) is 9.37 Å². The number of rotatable bonds is 5. The van der Waals surface area contributed by atoms with Gasteiger partial charge in [-0.15, -0.1) is 0 Å². The highest BCUT2D eigenvalue weighted by molar-refractivity contribution is 5.77. The van der Waals surface area contributed by atoms with E-state index in [1.807, 2.05) is 12.1 Å². The van der Waals surface area contributed by atoms with Crippen molar-refractivity contribution in [1.82, 2.24) is 19.4 Å². The number of aromatic nitrogens is 3. The van der Waals surface area contributed by atoms with Gasteiger partial charge in [-0.2, -0.15) is 10.2 Å². The number of benzene rings is 1. The van der Waals surface area contributed by atoms with Crippen LogP contribution in [0.25, 0.3) is 11.0 Å². The van der Waals surface area contributed by atoms with Crippen LogP contribution in [0.3, 0.4) is 0 Å². The summed E-state index contributed by atoms with van der Waals surface area (Å²) < 4.78 is 16.7. The van der Waals surface area contributed by atoms with Gasteiger partial charge in [0.15, 0.2) is 0 Å². The zero-order chi connectivity index (χ0) is 24.5. The van der Waals surface area contributed by atoms with Crippen molar-refractivity contribution in [2.75, 3.05) is 36.4 Å². The average Bonchev–Trinajstić information content (AvgIpc) is 3.38. The average molecular weight is 476 g/mol. The van der Waals surface area contributed by atoms with Gasteiger partial charge in [0.05, 0.1) is 5.69 Å². The summed E-state index contributed by atoms with van der Waals surface area (Å²) >= 11 is 0. The Morgan fingerprint density at radius 3 is 2.54 bits per heavy atom. The molecule has 35 heavy (non-hydrogen) atoms. The van der Waals surface area contributed by atoms with Gasteiger partial charge in [0.2, 0.25) is 5.95 Å². The normalized spacial score (nSPS) is 17.3. The molecule has 182 valence electrons. The Labute approximate surface area is 204 Å². The van der Waals surface area contributed by atoms with Crippen LogP contribution in [0.5, 0.6) is 0 Å². The summed E-state index contributed by atoms with van der Waals surface area (Å²) in [6.07, 6.45) is 5.46. The summed E-state index contributed by atoms with van der Waals surface area (Å²) in [5.41, 5.74) is 1.41. The smallest absolute Gasteiger partial charge is 0.270 e. The fraction of sp³-hybridized carbons (Fsp3) is 0.462. The summed E-state index contributed by atoms with van der Waals surface area (Å²) in [6, 6.07) is 9.13. The van der Waals surface area contributed by atoms with Crippen LogP contribution in [0.15, 0.2) is 35.3 Å². The van der Waals surface area contributed by atoms with E-state index in [0.717, 1.165) is 51.9 Å². The molecule has 0 bridgehead atoms. The highest BCUT2D eigenvalue weighted by Gasteiger charge is 2.23. The monoisotopic (exact) mass is 475 g/mol. The van der Waals surface area contributed by atoms with Crippen molar-refractivity contribution in [1.29, 1.82) is 5.26 Å². The van der Waals surface area contributed by atoms with Crippen LogP contribution >= 0.6 is 0 Å². The van der Waals surface area contributed by atoms with Crippen molar-refractivity contribution in [2.24, 2.45) is 0 Å². The van der Waals surface area contributed by atoms with E-state index in [1.165, 1.54) is 6.07 Å². The molecule has 1 saturated carbocycles. The zero-order valence-electron chi connectivity index (χ0n) is 20.2. The molecule has 5 rings (SSSR count). The fourth-order valence-corrected chi connectivity index (χ4v) is 5.21. The summed E-state index contributed by atoms with van der Waals surface area (Å²) in [5, 5.41) is 13.1. The number of hydrogen-bond acceptors (Lipinski definition) is 7. The Balaban J connectivity index is 1.41. The van der Waals surface area contributed by atoms with E-state index in [9.17, 15) is 10.1 Å². The van der Waals surface area contributed by atoms with E-state index < -0.39 is 0 Å². The van der Waals surface area contributed by atoms with Crippen LogP contribution in [-0.4, -0.2) is 51.7 Å². The molecule has 0 amide bonds. The highest BCUT2D eigenvalue weighted by atomic mass is 19.1. The van der Waals surface area contributed by atoms with Gasteiger partial charge in [-0.3, -0.25) is 14.3 Å². The van der Waals surface area contributed by atoms with Crippen LogP contribution in [0, 0.1) is 17.1 Å². The van der Waals surface area contributed by atoms with Crippen LogP contribution in [0.2, 0.25) is 0 Å². The van der Waals surface area contributed by atoms with E-state index in [-0.39, 0.29) is 28.9 Å². The molecule has 0 atom stereocenters. The van der Waals surface area contributed by atoms with Gasteiger partial charge >= 0.3 is 0 Å². The zero-order valence-corrected chi connectivity index (χ0v) is 20.2. The Morgan fingerprint density at radius 1 is 1.14 bits per heavy atom. The van der Waals surface area contributed by atoms with Crippen molar-refractivity contribution in [3.63, 3.8) is 0 Å². The molecule has 9 heteroatoms. The summed E-state index contributed by atoms with van der Waals surface area (Å²) in [7, 11) is 0. The Kier molecular flexibility index (Phi) is 6.39. The molecule has 2 fully saturated rings. The van der Waals surface area contributed by atoms with Gasteiger partial charge in [0.25, 0.3) is 5.56 Å². The minimum Gasteiger partial charge on any atom is -0.367 e. The van der Waals surface area contributed by atoms with Crippen molar-refractivity contribution in [2.45, 2.75) is 51.6 Å². The first kappa shape index (κ1) is 23.2. The van der Waals surface area contributed by atoms with Crippen LogP contribution in [0.1, 0.15) is 51.1 Å². The Hall–Kier alpha value is -3.51. The third-order valence-electron chi connectivity index (χ3n) is 7.17. The Bertz CT molecular complexity index is 1330. The third-order valence-corrected chi connectivity index (χ3v) is 7.17. The second-order valence-electron chi connectivity index (χ2n) is 9.66. The van der Waals surface area contributed by atoms with Gasteiger partial charge in [-0.1, -0.05) is 12.8 Å². The predicted molar refractivity (Wildman–Crippen MR) is 135 cm³/mol. The molecule has 2 aliphatic rings. The number of nitrogens with zero attached hydrogens (tertiary/aromatic N) is 6. The molecule has 0 radical (unpaired) electrons. The molecule has 8 nitrogen and oxygen atoms in total. The van der Waals surface area contributed by atoms with Gasteiger partial charge in [0, 0.05) is 55.5 Å². The number of nitrogens with one attached hydrogen (secondary N) is 1. The maximum atomic E-state index is 15.0. The van der Waals surface area contributed by atoms with Crippen LogP contribution < -0.4 is 15.8 Å². The molecule has 1 aromatic carbocycles. The molecule has 1 saturated heterocycles. The molecule has 0 spiro atoms. The van der Waals surface area contributed by atoms with Gasteiger partial charge in [0.1, 0.15) is 23.1 Å². The number of hydrogen-bond donors (Lipinski definition) is 1. The molecule has 3 heterocycles. The van der Waals surface area contributed by atoms with Crippen molar-refractivity contribution >= 4 is 28.4 Å². The molecule has 1 aliphatic carbocycles. The number of nitriles is 1. The van der Waals surface area contributed by atoms with Gasteiger partial charge in [-0.05, 0) is 51.0 Å². The molecule has 1 aliphatic heterocycles. The first-order chi connectivity index (χ1) is 16.9. The van der Waals surface area contributed by atoms with Gasteiger partial charge < -0.3 is 10.2 Å². The number of fused-ring (bicyclic) bond motifs is 1. The van der Waals surface area contributed by atoms with Crippen LogP contribution in [0.4, 0.5) is 21.7 Å². The number of piperazine rings is 1. The lowest BCUT2D eigenvalue weighted by atomic mass is 10.2. The van der Waals surface area contributed by atoms with Crippen LogP contribution in [-0.2, 0) is 0 Å². The summed E-state index contributed by atoms with van der Waals surface area (Å²) in [4.78, 5) is 26.4. The van der Waals surface area contributed by atoms with E-state index in [0.29, 0.717) is 28.5 Å². The topological polar surface area (TPSA) is 90.1 Å². The molecular formula is C26H30FN7O. The SMILES string of the molecule is CC(C)N1CCN(c2ccc(Nc3ncc4cc(C#N)c(=O)n(C5CCCC5)c4n3)cc2F)CC1. The van der Waals surface area contributed by atoms with E-state index in [2.05, 4.69) is 38.9 Å². The lowest BCUT2D eigenvalue weighted by Gasteiger charge is -2.38. The molecule has 0 unspecified atom stereocenters. The van der Waals surface area contributed by atoms with Crippen molar-refractivity contribution in [3.05, 3.63) is 52.2 Å². The van der Waals surface area contributed by atoms with Crippen molar-refractivity contribution < 1.29 is 4.39 Å². The van der Waals surface area contributed by atoms with E-state index >= 15 is 4.39 Å². The number of anilines is 3. The second-order valence-corrected chi connectivity index (χ2v) is 9.66. The summed E-state index contributed by atoms with van der Waals surface area (Å²) in [5.74, 6) is -0.0126. The highest BCUT2D eigenvalue weighted by Crippen LogP contribution is 2.31. The lowest BCUT2D eigenvalue weighted by molar-refractivity contribution is 0.209. The second kappa shape index (κ2) is 9.62. The molecular weight excluding hydrogens is 445 g/mol. The van der Waals surface area contributed by atoms with E-state index in [1.54, 1.807) is 22.9 Å². The van der Waals surface area contributed by atoms with Crippen molar-refractivity contribution in [3.8, 4) is 6.07 Å². The predicted octanol–water partition coefficient (Wildman–Crippen LogP) is 4.19. The first-order valence-corrected chi connectivity index (χ1v) is 12.3. The minimum atomic E-state index is -0.315. The molecule has 1 N–H and O–H groups in total. The largest absolute Gasteiger partial charge is 0.367 e.